The molecule has 0 aromatic rings. The number of ether oxygens (including phenoxy) is 2. The fourth-order valence-corrected chi connectivity index (χ4v) is 0.144. The minimum Gasteiger partial charge on any atom is -0.555 e. The Labute approximate surface area is 121 Å². The molecule has 0 aliphatic heterocycles. The summed E-state index contributed by atoms with van der Waals surface area (Å²) in [6, 6.07) is 0. The van der Waals surface area contributed by atoms with Crippen LogP contribution in [-0.2, 0) is 74.9 Å². The van der Waals surface area contributed by atoms with Crippen molar-refractivity contribution in [1.29, 1.82) is 0 Å². The maximum atomic E-state index is 4.72. The zero-order valence-electron chi connectivity index (χ0n) is 7.51. The second-order valence-electron chi connectivity index (χ2n) is 1.19. The van der Waals surface area contributed by atoms with Gasteiger partial charge in [-0.05, 0) is 13.8 Å². The van der Waals surface area contributed by atoms with Gasteiger partial charge in [-0.3, -0.25) is 0 Å². The first-order valence-corrected chi connectivity index (χ1v) is 3.07. The minimum absolute atomic E-state index is 0. The van der Waals surface area contributed by atoms with Crippen molar-refractivity contribution in [1.82, 2.24) is 0 Å². The molecule has 0 spiro atoms. The van der Waals surface area contributed by atoms with Gasteiger partial charge in [0.1, 0.15) is 0 Å². The smallest absolute Gasteiger partial charge is 0.0402 e. The van der Waals surface area contributed by atoms with Crippen LogP contribution in [0.4, 0.5) is 0 Å². The zero-order chi connectivity index (χ0) is 7.54. The number of rotatable bonds is 3. The van der Waals surface area contributed by atoms with E-state index in [9.17, 15) is 0 Å². The number of hydrogen-bond donors (Lipinski definition) is 0. The van der Waals surface area contributed by atoms with Gasteiger partial charge in [0.15, 0.2) is 0 Å². The molecule has 0 amide bonds. The van der Waals surface area contributed by atoms with Crippen LogP contribution in [0.15, 0.2) is 0 Å². The van der Waals surface area contributed by atoms with E-state index in [4.69, 9.17) is 4.74 Å². The summed E-state index contributed by atoms with van der Waals surface area (Å²) in [6.45, 7) is 9.38. The molecule has 4 heteroatoms. The Morgan fingerprint density at radius 3 is 1.45 bits per heavy atom. The molecular formula is C7H16O2Y2-2. The molecule has 0 aromatic heterocycles. The zero-order valence-corrected chi connectivity index (χ0v) is 13.2. The Morgan fingerprint density at radius 1 is 1.09 bits per heavy atom. The third kappa shape index (κ3) is 47.3. The van der Waals surface area contributed by atoms with Gasteiger partial charge in [0, 0.05) is 78.6 Å². The van der Waals surface area contributed by atoms with Crippen molar-refractivity contribution in [2.45, 2.75) is 13.8 Å². The Hall–Kier alpha value is 2.13. The van der Waals surface area contributed by atoms with E-state index < -0.39 is 0 Å². The second-order valence-corrected chi connectivity index (χ2v) is 1.19. The summed E-state index contributed by atoms with van der Waals surface area (Å²) in [5.41, 5.74) is 0. The molecule has 0 N–H and O–H groups in total. The monoisotopic (exact) mass is 310 g/mol. The maximum Gasteiger partial charge on any atom is 0.0402 e. The van der Waals surface area contributed by atoms with E-state index in [0.29, 0.717) is 13.2 Å². The first-order chi connectivity index (χ1) is 4.33. The van der Waals surface area contributed by atoms with Crippen LogP contribution in [0.3, 0.4) is 0 Å². The molecule has 0 heterocycles. The average molecular weight is 310 g/mol. The summed E-state index contributed by atoms with van der Waals surface area (Å²) >= 11 is 0. The fraction of sp³-hybridized carbons (Fsp3) is 0.714. The molecule has 0 saturated heterocycles. The van der Waals surface area contributed by atoms with Crippen LogP contribution < -0.4 is 0 Å². The van der Waals surface area contributed by atoms with Crippen LogP contribution in [-0.4, -0.2) is 19.8 Å². The summed E-state index contributed by atoms with van der Waals surface area (Å²) in [4.78, 5) is 0. The molecule has 0 rings (SSSR count). The predicted molar refractivity (Wildman–Crippen MR) is 38.8 cm³/mol. The molecule has 0 bridgehead atoms. The Morgan fingerprint density at radius 2 is 1.45 bits per heavy atom. The molecule has 0 aliphatic rings. The molecule has 0 aromatic carbocycles. The van der Waals surface area contributed by atoms with Crippen molar-refractivity contribution in [3.8, 4) is 0 Å². The van der Waals surface area contributed by atoms with Gasteiger partial charge in [0.05, 0.1) is 0 Å². The summed E-state index contributed by atoms with van der Waals surface area (Å²) < 4.78 is 9.01. The Bertz CT molecular complexity index is 33.6. The van der Waals surface area contributed by atoms with E-state index in [0.717, 1.165) is 6.61 Å². The minimum atomic E-state index is 0. The predicted octanol–water partition coefficient (Wildman–Crippen LogP) is 1.67. The summed E-state index contributed by atoms with van der Waals surface area (Å²) in [6.07, 6.45) is 0. The standard InChI is InChI=1S/C4H9O.C3H7O.2Y/c1-3-5-4-2;1-3-4-2;;/h1,3-4H2,2H3;2-3H2,1H3;;/q2*-1;;. The van der Waals surface area contributed by atoms with Crippen LogP contribution in [0.2, 0.25) is 0 Å². The maximum absolute atomic E-state index is 4.72. The van der Waals surface area contributed by atoms with E-state index >= 15 is 0 Å². The molecular weight excluding hydrogens is 294 g/mol. The van der Waals surface area contributed by atoms with Gasteiger partial charge in [-0.1, -0.05) is 6.61 Å². The molecule has 11 heavy (non-hydrogen) atoms. The van der Waals surface area contributed by atoms with Gasteiger partial charge in [0.25, 0.3) is 0 Å². The summed E-state index contributed by atoms with van der Waals surface area (Å²) in [5.74, 6) is 0. The van der Waals surface area contributed by atoms with Crippen molar-refractivity contribution in [3.05, 3.63) is 14.0 Å². The summed E-state index contributed by atoms with van der Waals surface area (Å²) in [7, 11) is 3.10. The topological polar surface area (TPSA) is 18.5 Å². The molecule has 0 atom stereocenters. The first kappa shape index (κ1) is 23.2. The fourth-order valence-electron chi connectivity index (χ4n) is 0.144. The van der Waals surface area contributed by atoms with Gasteiger partial charge in [-0.15, -0.1) is 0 Å². The molecule has 2 radical (unpaired) electrons. The van der Waals surface area contributed by atoms with E-state index in [-0.39, 0.29) is 65.4 Å². The Balaban J connectivity index is -0.0000000383. The third-order valence-electron chi connectivity index (χ3n) is 0.553. The van der Waals surface area contributed by atoms with Crippen LogP contribution in [0.1, 0.15) is 13.8 Å². The van der Waals surface area contributed by atoms with Crippen molar-refractivity contribution in [3.63, 3.8) is 0 Å². The first-order valence-electron chi connectivity index (χ1n) is 3.07. The van der Waals surface area contributed by atoms with Gasteiger partial charge in [-0.25, -0.2) is 7.11 Å². The van der Waals surface area contributed by atoms with Gasteiger partial charge in [-0.2, -0.15) is 0 Å². The van der Waals surface area contributed by atoms with Gasteiger partial charge >= 0.3 is 0 Å². The van der Waals surface area contributed by atoms with Crippen LogP contribution in [0.5, 0.6) is 0 Å². The van der Waals surface area contributed by atoms with E-state index in [1.807, 2.05) is 13.8 Å². The van der Waals surface area contributed by atoms with Gasteiger partial charge in [0.2, 0.25) is 0 Å². The van der Waals surface area contributed by atoms with Crippen molar-refractivity contribution >= 4 is 0 Å². The third-order valence-corrected chi connectivity index (χ3v) is 0.553. The normalized spacial score (nSPS) is 6.55. The van der Waals surface area contributed by atoms with E-state index in [1.54, 1.807) is 0 Å². The quantitative estimate of drug-likeness (QED) is 0.738. The van der Waals surface area contributed by atoms with E-state index in [1.165, 1.54) is 0 Å². The van der Waals surface area contributed by atoms with E-state index in [2.05, 4.69) is 18.8 Å². The summed E-state index contributed by atoms with van der Waals surface area (Å²) in [5, 5.41) is 0. The molecule has 0 unspecified atom stereocenters. The largest absolute Gasteiger partial charge is 0.555 e. The van der Waals surface area contributed by atoms with Crippen molar-refractivity contribution in [2.24, 2.45) is 0 Å². The Kier molecular flexibility index (Phi) is 62.3. The SMILES string of the molecule is [CH2-]COCC.[CH2-]OCC.[Y].[Y]. The molecule has 2 nitrogen and oxygen atoms in total. The second kappa shape index (κ2) is 29.6. The van der Waals surface area contributed by atoms with Crippen molar-refractivity contribution in [2.75, 3.05) is 19.8 Å². The van der Waals surface area contributed by atoms with Gasteiger partial charge < -0.3 is 16.4 Å². The van der Waals surface area contributed by atoms with Crippen LogP contribution >= 0.6 is 0 Å². The molecule has 0 fully saturated rings. The molecule has 64 valence electrons. The average Bonchev–Trinajstić information content (AvgIpc) is 1.91. The van der Waals surface area contributed by atoms with Crippen LogP contribution in [0, 0.1) is 14.0 Å². The molecule has 0 aliphatic carbocycles. The number of hydrogen-bond acceptors (Lipinski definition) is 2. The molecule has 0 saturated carbocycles. The van der Waals surface area contributed by atoms with Crippen LogP contribution in [0.25, 0.3) is 0 Å². The van der Waals surface area contributed by atoms with Crippen molar-refractivity contribution < 1.29 is 74.9 Å².